The molecule has 1 spiro atoms. The van der Waals surface area contributed by atoms with E-state index in [0.29, 0.717) is 6.10 Å². The maximum absolute atomic E-state index is 6.25. The Morgan fingerprint density at radius 3 is 2.24 bits per heavy atom. The van der Waals surface area contributed by atoms with Gasteiger partial charge in [-0.25, -0.2) is 0 Å². The molecule has 1 fully saturated rings. The number of nitrogens with zero attached hydrogens (tertiary/aromatic N) is 1. The summed E-state index contributed by atoms with van der Waals surface area (Å²) in [7, 11) is 2.20. The minimum Gasteiger partial charge on any atom is -0.363 e. The maximum Gasteiger partial charge on any atom is 0.0924 e. The van der Waals surface area contributed by atoms with Crippen LogP contribution in [0.15, 0.2) is 11.1 Å². The molecule has 1 unspecified atom stereocenters. The molecule has 2 aliphatic heterocycles. The molecule has 0 aromatic rings. The third-order valence-corrected chi connectivity index (χ3v) is 4.23. The van der Waals surface area contributed by atoms with Gasteiger partial charge in [-0.2, -0.15) is 0 Å². The highest BCUT2D eigenvalue weighted by Crippen LogP contribution is 2.43. The Balaban J connectivity index is 0.000000686. The number of hydrogen-bond acceptors (Lipinski definition) is 2. The molecule has 2 rings (SSSR count). The molecular formula is C15H29NO. The second-order valence-electron chi connectivity index (χ2n) is 5.06. The highest BCUT2D eigenvalue weighted by Gasteiger charge is 2.43. The van der Waals surface area contributed by atoms with Crippen molar-refractivity contribution < 1.29 is 4.74 Å². The van der Waals surface area contributed by atoms with Gasteiger partial charge in [0.2, 0.25) is 0 Å². The average Bonchev–Trinajstić information content (AvgIpc) is 2.58. The van der Waals surface area contributed by atoms with Crippen LogP contribution in [0.4, 0.5) is 0 Å². The topological polar surface area (TPSA) is 12.5 Å². The van der Waals surface area contributed by atoms with Crippen LogP contribution < -0.4 is 0 Å². The van der Waals surface area contributed by atoms with Crippen LogP contribution in [0.25, 0.3) is 0 Å². The molecule has 1 atom stereocenters. The van der Waals surface area contributed by atoms with E-state index in [1.54, 1.807) is 5.57 Å². The summed E-state index contributed by atoms with van der Waals surface area (Å²) in [6.07, 6.45) is 3.83. The van der Waals surface area contributed by atoms with Gasteiger partial charge in [0.05, 0.1) is 11.7 Å². The Bertz CT molecular complexity index is 275. The van der Waals surface area contributed by atoms with Gasteiger partial charge in [0.1, 0.15) is 0 Å². The Labute approximate surface area is 107 Å². The standard InChI is InChI=1S/C13H23NO.C2H6/c1-5-12-10(2)13(15-11(12)3)6-8-14(4)9-7-13;1-2/h11H,5-9H2,1-4H3;1-2H3. The van der Waals surface area contributed by atoms with Crippen LogP contribution in [0.1, 0.15) is 53.9 Å². The summed E-state index contributed by atoms with van der Waals surface area (Å²) in [5, 5.41) is 0. The third-order valence-electron chi connectivity index (χ3n) is 4.23. The van der Waals surface area contributed by atoms with Crippen molar-refractivity contribution in [3.63, 3.8) is 0 Å². The highest BCUT2D eigenvalue weighted by atomic mass is 16.5. The van der Waals surface area contributed by atoms with Crippen molar-refractivity contribution in [2.45, 2.75) is 65.6 Å². The van der Waals surface area contributed by atoms with Crippen molar-refractivity contribution in [2.24, 2.45) is 0 Å². The van der Waals surface area contributed by atoms with Crippen LogP contribution in [0.2, 0.25) is 0 Å². The van der Waals surface area contributed by atoms with Gasteiger partial charge in [0.25, 0.3) is 0 Å². The molecule has 0 amide bonds. The van der Waals surface area contributed by atoms with Crippen LogP contribution in [0, 0.1) is 0 Å². The molecule has 1 saturated heterocycles. The minimum absolute atomic E-state index is 0.0945. The summed E-state index contributed by atoms with van der Waals surface area (Å²) < 4.78 is 6.25. The molecule has 17 heavy (non-hydrogen) atoms. The fraction of sp³-hybridized carbons (Fsp3) is 0.867. The summed E-state index contributed by atoms with van der Waals surface area (Å²) in [6.45, 7) is 13.1. The van der Waals surface area contributed by atoms with Gasteiger partial charge in [0, 0.05) is 13.1 Å². The Morgan fingerprint density at radius 2 is 1.82 bits per heavy atom. The molecule has 0 aromatic carbocycles. The molecule has 2 nitrogen and oxygen atoms in total. The summed E-state index contributed by atoms with van der Waals surface area (Å²) in [5.41, 5.74) is 3.17. The van der Waals surface area contributed by atoms with Crippen LogP contribution in [-0.2, 0) is 4.74 Å². The number of likely N-dealkylation sites (tertiary alicyclic amines) is 1. The molecule has 0 N–H and O–H groups in total. The lowest BCUT2D eigenvalue weighted by atomic mass is 9.83. The van der Waals surface area contributed by atoms with Crippen molar-refractivity contribution in [1.82, 2.24) is 4.90 Å². The second kappa shape index (κ2) is 6.01. The van der Waals surface area contributed by atoms with Gasteiger partial charge in [0.15, 0.2) is 0 Å². The number of piperidine rings is 1. The summed E-state index contributed by atoms with van der Waals surface area (Å²) >= 11 is 0. The van der Waals surface area contributed by atoms with Crippen molar-refractivity contribution >= 4 is 0 Å². The fourth-order valence-electron chi connectivity index (χ4n) is 3.12. The molecule has 0 bridgehead atoms. The van der Waals surface area contributed by atoms with Gasteiger partial charge >= 0.3 is 0 Å². The van der Waals surface area contributed by atoms with Crippen LogP contribution >= 0.6 is 0 Å². The molecule has 0 aliphatic carbocycles. The SMILES string of the molecule is CC.CCC1=C(C)C2(CCN(C)CC2)OC1C. The molecule has 2 heteroatoms. The molecule has 2 aliphatic rings. The number of rotatable bonds is 1. The van der Waals surface area contributed by atoms with Gasteiger partial charge in [-0.05, 0) is 51.3 Å². The van der Waals surface area contributed by atoms with Gasteiger partial charge in [-0.15, -0.1) is 0 Å². The molecule has 0 aromatic heterocycles. The van der Waals surface area contributed by atoms with E-state index in [4.69, 9.17) is 4.74 Å². The largest absolute Gasteiger partial charge is 0.363 e. The molecule has 2 heterocycles. The first-order valence-corrected chi connectivity index (χ1v) is 7.15. The smallest absolute Gasteiger partial charge is 0.0924 e. The van der Waals surface area contributed by atoms with E-state index in [2.05, 4.69) is 32.7 Å². The van der Waals surface area contributed by atoms with E-state index in [1.165, 1.54) is 31.5 Å². The van der Waals surface area contributed by atoms with Gasteiger partial charge in [-0.1, -0.05) is 20.8 Å². The van der Waals surface area contributed by atoms with Crippen molar-refractivity contribution in [3.05, 3.63) is 11.1 Å². The van der Waals surface area contributed by atoms with Crippen molar-refractivity contribution in [2.75, 3.05) is 20.1 Å². The van der Waals surface area contributed by atoms with E-state index < -0.39 is 0 Å². The van der Waals surface area contributed by atoms with E-state index in [-0.39, 0.29) is 5.60 Å². The van der Waals surface area contributed by atoms with Crippen LogP contribution in [0.5, 0.6) is 0 Å². The maximum atomic E-state index is 6.25. The Morgan fingerprint density at radius 1 is 1.29 bits per heavy atom. The first kappa shape index (κ1) is 14.7. The normalized spacial score (nSPS) is 28.2. The first-order chi connectivity index (χ1) is 8.09. The Hall–Kier alpha value is -0.340. The number of ether oxygens (including phenoxy) is 1. The lowest BCUT2D eigenvalue weighted by Crippen LogP contribution is -2.44. The van der Waals surface area contributed by atoms with Crippen LogP contribution in [-0.4, -0.2) is 36.7 Å². The molecule has 0 radical (unpaired) electrons. The molecule has 100 valence electrons. The predicted octanol–water partition coefficient (Wildman–Crippen LogP) is 3.62. The predicted molar refractivity (Wildman–Crippen MR) is 74.3 cm³/mol. The quantitative estimate of drug-likeness (QED) is 0.648. The van der Waals surface area contributed by atoms with Crippen molar-refractivity contribution in [3.8, 4) is 0 Å². The van der Waals surface area contributed by atoms with E-state index in [9.17, 15) is 0 Å². The average molecular weight is 239 g/mol. The van der Waals surface area contributed by atoms with Crippen LogP contribution in [0.3, 0.4) is 0 Å². The first-order valence-electron chi connectivity index (χ1n) is 7.15. The number of hydrogen-bond donors (Lipinski definition) is 0. The zero-order valence-electron chi connectivity index (χ0n) is 12.5. The summed E-state index contributed by atoms with van der Waals surface area (Å²) in [5.74, 6) is 0. The lowest BCUT2D eigenvalue weighted by molar-refractivity contribution is -0.0587. The second-order valence-corrected chi connectivity index (χ2v) is 5.06. The van der Waals surface area contributed by atoms with E-state index in [1.807, 2.05) is 13.8 Å². The van der Waals surface area contributed by atoms with E-state index in [0.717, 1.165) is 6.42 Å². The summed E-state index contributed by atoms with van der Waals surface area (Å²) in [6, 6.07) is 0. The van der Waals surface area contributed by atoms with Crippen molar-refractivity contribution in [1.29, 1.82) is 0 Å². The molecular weight excluding hydrogens is 210 g/mol. The van der Waals surface area contributed by atoms with E-state index >= 15 is 0 Å². The lowest BCUT2D eigenvalue weighted by Gasteiger charge is -2.39. The minimum atomic E-state index is 0.0945. The van der Waals surface area contributed by atoms with Gasteiger partial charge in [-0.3, -0.25) is 0 Å². The zero-order chi connectivity index (χ0) is 13.1. The fourth-order valence-corrected chi connectivity index (χ4v) is 3.12. The monoisotopic (exact) mass is 239 g/mol. The molecule has 0 saturated carbocycles. The van der Waals surface area contributed by atoms with Gasteiger partial charge < -0.3 is 9.64 Å². The summed E-state index contributed by atoms with van der Waals surface area (Å²) in [4.78, 5) is 2.40. The third kappa shape index (κ3) is 2.74. The Kier molecular flexibility index (Phi) is 5.21. The highest BCUT2D eigenvalue weighted by molar-refractivity contribution is 5.31. The zero-order valence-corrected chi connectivity index (χ0v) is 12.5.